The fraction of sp³-hybridized carbons (Fsp3) is 0.0204. The monoisotopic (exact) mass is 838 g/mol. The number of aromatic hydroxyl groups is 5. The maximum absolute atomic E-state index is 13.1. The minimum Gasteiger partial charge on any atom is -0.508 e. The van der Waals surface area contributed by atoms with Crippen LogP contribution in [0.1, 0.15) is 5.56 Å². The number of benzene rings is 8. The Kier molecular flexibility index (Phi) is 9.69. The molecule has 2 aromatic heterocycles. The molecule has 0 aliphatic heterocycles. The van der Waals surface area contributed by atoms with Crippen LogP contribution in [0.25, 0.3) is 88.4 Å². The second-order valence-electron chi connectivity index (χ2n) is 18.0. The molecule has 65 heavy (non-hydrogen) atoms. The molecule has 306 valence electrons. The Morgan fingerprint density at radius 3 is 1.31 bits per heavy atom. The SMILES string of the molecule is Bc1ccc(-n2c3c(B)c(C)c(B)c(O)c3c3c(O)c(-c4c(B)c(B)c5c(c4O)c4c(O)c(B)c(B)c(B)c4n5-c4cc(-c5ccccc5)cc(-c5ccccc5)c4)c(O)c(B)c32)cc1. The van der Waals surface area contributed by atoms with Gasteiger partial charge >= 0.3 is 0 Å². The second-order valence-corrected chi connectivity index (χ2v) is 18.0. The van der Waals surface area contributed by atoms with Gasteiger partial charge in [-0.25, -0.2) is 0 Å². The van der Waals surface area contributed by atoms with Crippen molar-refractivity contribution in [2.75, 3.05) is 0 Å². The molecule has 16 heteroatoms. The van der Waals surface area contributed by atoms with Crippen molar-refractivity contribution >= 4 is 163 Å². The molecule has 10 aromatic rings. The van der Waals surface area contributed by atoms with Crippen LogP contribution in [0.3, 0.4) is 0 Å². The van der Waals surface area contributed by atoms with Crippen LogP contribution in [-0.2, 0) is 0 Å². The molecule has 5 N–H and O–H groups in total. The van der Waals surface area contributed by atoms with Crippen LogP contribution in [0.5, 0.6) is 28.7 Å². The van der Waals surface area contributed by atoms with E-state index in [2.05, 4.69) is 54.9 Å². The van der Waals surface area contributed by atoms with E-state index in [0.717, 1.165) is 72.0 Å². The number of fused-ring (bicyclic) bond motifs is 6. The molecule has 7 nitrogen and oxygen atoms in total. The average Bonchev–Trinajstić information content (AvgIpc) is 3.88. The van der Waals surface area contributed by atoms with Gasteiger partial charge in [0.05, 0.1) is 49.2 Å². The zero-order valence-corrected chi connectivity index (χ0v) is 38.4. The van der Waals surface area contributed by atoms with Crippen LogP contribution in [0, 0.1) is 6.92 Å². The third kappa shape index (κ3) is 5.88. The number of hydrogen-bond acceptors (Lipinski definition) is 5. The molecule has 2 heterocycles. The number of hydrogen-bond donors (Lipinski definition) is 5. The molecular weight excluding hydrogens is 794 g/mol. The van der Waals surface area contributed by atoms with Gasteiger partial charge in [0.2, 0.25) is 0 Å². The van der Waals surface area contributed by atoms with Gasteiger partial charge in [-0.2, -0.15) is 0 Å². The van der Waals surface area contributed by atoms with Gasteiger partial charge in [0, 0.05) is 16.9 Å². The molecule has 0 spiro atoms. The van der Waals surface area contributed by atoms with Gasteiger partial charge in [-0.15, -0.1) is 0 Å². The Labute approximate surface area is 385 Å². The van der Waals surface area contributed by atoms with Crippen molar-refractivity contribution in [2.24, 2.45) is 0 Å². The average molecular weight is 837 g/mol. The van der Waals surface area contributed by atoms with Crippen molar-refractivity contribution in [3.05, 3.63) is 109 Å². The number of phenolic OH excluding ortho intramolecular Hbond substituents is 5. The van der Waals surface area contributed by atoms with Crippen LogP contribution in [-0.4, -0.2) is 105 Å². The maximum Gasteiger partial charge on any atom is 0.147 e. The lowest BCUT2D eigenvalue weighted by Crippen LogP contribution is -2.40. The molecule has 0 saturated heterocycles. The first-order valence-corrected chi connectivity index (χ1v) is 22.1. The summed E-state index contributed by atoms with van der Waals surface area (Å²) in [5.41, 5.74) is 16.8. The zero-order valence-electron chi connectivity index (χ0n) is 38.4. The topological polar surface area (TPSA) is 111 Å². The molecule has 0 radical (unpaired) electrons. The maximum atomic E-state index is 13.1. The van der Waals surface area contributed by atoms with E-state index in [4.69, 9.17) is 0 Å². The lowest BCUT2D eigenvalue weighted by atomic mass is 9.70. The highest BCUT2D eigenvalue weighted by atomic mass is 16.3. The molecule has 0 saturated carbocycles. The number of phenols is 5. The highest BCUT2D eigenvalue weighted by Gasteiger charge is 2.33. The molecule has 8 aromatic carbocycles. The second kappa shape index (κ2) is 15.0. The first-order chi connectivity index (χ1) is 31.0. The normalized spacial score (nSPS) is 11.7. The first-order valence-electron chi connectivity index (χ1n) is 22.1. The first kappa shape index (κ1) is 41.9. The Hall–Kier alpha value is -7.06. The summed E-state index contributed by atoms with van der Waals surface area (Å²) in [7, 11) is 17.6. The van der Waals surface area contributed by atoms with E-state index in [1.54, 1.807) is 0 Å². The fourth-order valence-electron chi connectivity index (χ4n) is 10.4. The van der Waals surface area contributed by atoms with Gasteiger partial charge in [-0.1, -0.05) is 117 Å². The number of rotatable bonds is 5. The summed E-state index contributed by atoms with van der Waals surface area (Å²) in [4.78, 5) is 0. The predicted octanol–water partition coefficient (Wildman–Crippen LogP) is -3.96. The van der Waals surface area contributed by atoms with Crippen molar-refractivity contribution < 1.29 is 25.5 Å². The van der Waals surface area contributed by atoms with Crippen LogP contribution in [0.4, 0.5) is 0 Å². The molecule has 10 rings (SSSR count). The van der Waals surface area contributed by atoms with Gasteiger partial charge in [0.1, 0.15) is 99.4 Å². The summed E-state index contributed by atoms with van der Waals surface area (Å²) < 4.78 is 4.17. The Balaban J connectivity index is 1.37. The standard InChI is InChI=1S/C49H43B9N2O5/c1-19-33(51)41-30(47(63)34(19)52)29-44(59(41)25-14-12-24(50)13-15-25)40(58)49(65)32(46(29)62)27-35(53)37(55)42-28(45(27)61)31-43(38(56)36(54)39(57)48(31)64)60(42)26-17-22(20-8-4-2-5-9-20)16-23(18-26)21-10-6-3-7-11-21/h2-18,61-65H,50-58H2,1H3. The summed E-state index contributed by atoms with van der Waals surface area (Å²) in [6, 6.07) is 35.0. The van der Waals surface area contributed by atoms with Gasteiger partial charge < -0.3 is 34.7 Å². The molecular formula is C49H43B9N2O5. The van der Waals surface area contributed by atoms with Gasteiger partial charge in [0.15, 0.2) is 0 Å². The quantitative estimate of drug-likeness (QED) is 0.114. The third-order valence-electron chi connectivity index (χ3n) is 14.6. The molecule has 0 fully saturated rings. The lowest BCUT2D eigenvalue weighted by molar-refractivity contribution is 0.457. The summed E-state index contributed by atoms with van der Waals surface area (Å²) in [6.45, 7) is 1.98. The summed E-state index contributed by atoms with van der Waals surface area (Å²) in [5, 5.41) is 64.7. The Bertz CT molecular complexity index is 3650. The van der Waals surface area contributed by atoms with Crippen molar-refractivity contribution in [1.82, 2.24) is 9.13 Å². The molecule has 0 unspecified atom stereocenters. The van der Waals surface area contributed by atoms with Crippen molar-refractivity contribution in [2.45, 2.75) is 6.92 Å². The Morgan fingerprint density at radius 1 is 0.338 bits per heavy atom. The molecule has 0 bridgehead atoms. The smallest absolute Gasteiger partial charge is 0.147 e. The molecule has 0 aliphatic rings. The van der Waals surface area contributed by atoms with E-state index < -0.39 is 0 Å². The summed E-state index contributed by atoms with van der Waals surface area (Å²) in [6.07, 6.45) is 0. The highest BCUT2D eigenvalue weighted by molar-refractivity contribution is 6.63. The van der Waals surface area contributed by atoms with Gasteiger partial charge in [-0.3, -0.25) is 0 Å². The van der Waals surface area contributed by atoms with E-state index in [1.807, 2.05) is 135 Å². The number of nitrogens with zero attached hydrogens (tertiary/aromatic N) is 2. The minimum absolute atomic E-state index is 0.0415. The summed E-state index contributed by atoms with van der Waals surface area (Å²) >= 11 is 0. The lowest BCUT2D eigenvalue weighted by Gasteiger charge is -2.21. The van der Waals surface area contributed by atoms with Crippen LogP contribution < -0.4 is 49.2 Å². The zero-order chi connectivity index (χ0) is 46.1. The predicted molar refractivity (Wildman–Crippen MR) is 298 cm³/mol. The third-order valence-corrected chi connectivity index (χ3v) is 14.6. The van der Waals surface area contributed by atoms with E-state index in [0.29, 0.717) is 59.9 Å². The highest BCUT2D eigenvalue weighted by Crippen LogP contribution is 2.51. The van der Waals surface area contributed by atoms with Crippen molar-refractivity contribution in [3.63, 3.8) is 0 Å². The largest absolute Gasteiger partial charge is 0.508 e. The Morgan fingerprint density at radius 2 is 0.769 bits per heavy atom. The summed E-state index contributed by atoms with van der Waals surface area (Å²) in [5.74, 6) is -0.570. The van der Waals surface area contributed by atoms with Gasteiger partial charge in [-0.05, 0) is 70.4 Å². The molecule has 0 aliphatic carbocycles. The number of aromatic nitrogens is 2. The van der Waals surface area contributed by atoms with Gasteiger partial charge in [0.25, 0.3) is 0 Å². The minimum atomic E-state index is -0.270. The molecule has 0 atom stereocenters. The van der Waals surface area contributed by atoms with E-state index >= 15 is 0 Å². The van der Waals surface area contributed by atoms with Crippen molar-refractivity contribution in [1.29, 1.82) is 0 Å². The van der Waals surface area contributed by atoms with Crippen LogP contribution in [0.15, 0.2) is 103 Å². The van der Waals surface area contributed by atoms with Crippen molar-refractivity contribution in [3.8, 4) is 73.5 Å². The fourth-order valence-corrected chi connectivity index (χ4v) is 10.4. The van der Waals surface area contributed by atoms with E-state index in [-0.39, 0.29) is 39.9 Å². The van der Waals surface area contributed by atoms with E-state index in [9.17, 15) is 25.5 Å². The van der Waals surface area contributed by atoms with E-state index in [1.165, 1.54) is 0 Å². The van der Waals surface area contributed by atoms with Crippen LogP contribution in [0.2, 0.25) is 0 Å². The van der Waals surface area contributed by atoms with Crippen LogP contribution >= 0.6 is 0 Å². The molecule has 0 amide bonds.